The van der Waals surface area contributed by atoms with Gasteiger partial charge >= 0.3 is 0 Å². The second-order valence-corrected chi connectivity index (χ2v) is 25.1. The van der Waals surface area contributed by atoms with Crippen LogP contribution in [-0.4, -0.2) is 0 Å². The Bertz CT molecular complexity index is 4930. The van der Waals surface area contributed by atoms with E-state index in [2.05, 4.69) is 339 Å². The molecule has 4 aliphatic rings. The Morgan fingerprint density at radius 2 is 1.11 bits per heavy atom. The fourth-order valence-electron chi connectivity index (χ4n) is 14.8. The number of allylic oxidation sites excluding steroid dienone is 14. The normalized spacial score (nSPS) is 17.4. The van der Waals surface area contributed by atoms with E-state index in [1.165, 1.54) is 109 Å². The van der Waals surface area contributed by atoms with E-state index in [0.717, 1.165) is 47.0 Å². The minimum Gasteiger partial charge on any atom is -0.310 e. The summed E-state index contributed by atoms with van der Waals surface area (Å²) in [6.45, 7) is 4.67. The average molecular weight is 1150 g/mol. The van der Waals surface area contributed by atoms with Gasteiger partial charge in [-0.15, -0.1) is 11.3 Å². The molecule has 0 aliphatic heterocycles. The molecule has 3 atom stereocenters. The molecular formula is C85H64N2S. The summed E-state index contributed by atoms with van der Waals surface area (Å²) in [6.07, 6.45) is 24.7. The molecular weight excluding hydrogens is 1080 g/mol. The van der Waals surface area contributed by atoms with Gasteiger partial charge in [0, 0.05) is 54.5 Å². The van der Waals surface area contributed by atoms with Gasteiger partial charge < -0.3 is 9.80 Å². The Morgan fingerprint density at radius 3 is 1.94 bits per heavy atom. The summed E-state index contributed by atoms with van der Waals surface area (Å²) < 4.78 is 2.49. The monoisotopic (exact) mass is 1140 g/mol. The van der Waals surface area contributed by atoms with Crippen LogP contribution in [0.15, 0.2) is 332 Å². The molecule has 11 aromatic carbocycles. The standard InChI is InChI=1S/C85H64N2S/c1-57-38-49-78(65(52-57)54-59-21-5-3-6-22-59)85(77-34-15-9-20-58(77)2)79-35-16-14-31-74(79)75-55-70(47-50-80(75)85)87(66-28-7-4-8-29-66)81-36-19-37-83-84(81)76-56-69(48-51-82(76)88-83)86(68-45-41-63(42-46-68)73-33-18-27-61-25-12-13-30-72(61)73)67-43-39-62(40-44-67)71-32-17-24-60-23-10-11-26-64(71)53-60/h3-51,53,55-57,64H,52,54H2,1-2H3. The maximum atomic E-state index is 2.51. The number of hydrogen-bond acceptors (Lipinski definition) is 3. The zero-order valence-corrected chi connectivity index (χ0v) is 50.2. The number of anilines is 6. The number of aryl methyl sites for hydroxylation is 1. The summed E-state index contributed by atoms with van der Waals surface area (Å²) >= 11 is 1.87. The minimum atomic E-state index is -0.536. The molecule has 420 valence electrons. The summed E-state index contributed by atoms with van der Waals surface area (Å²) in [5.74, 6) is 0.621. The van der Waals surface area contributed by atoms with Crippen LogP contribution in [0.2, 0.25) is 0 Å². The first kappa shape index (κ1) is 53.2. The van der Waals surface area contributed by atoms with Gasteiger partial charge in [-0.1, -0.05) is 249 Å². The SMILES string of the molecule is Cc1ccccc1C1(C2=C(Cc3ccccc3)CC(C)C=C2)c2ccccc2-c2cc(N(c3ccccc3)c3cccc4sc5ccc(N(c6ccc(C7=CC=CC8=CC7C=CC=C8)cc6)c6ccc(-c7cccc8ccccc78)cc6)cc5c34)ccc21. The summed E-state index contributed by atoms with van der Waals surface area (Å²) in [5, 5.41) is 4.94. The number of para-hydroxylation sites is 1. The predicted molar refractivity (Wildman–Crippen MR) is 375 cm³/mol. The van der Waals surface area contributed by atoms with Crippen molar-refractivity contribution in [3.63, 3.8) is 0 Å². The van der Waals surface area contributed by atoms with E-state index >= 15 is 0 Å². The molecule has 0 spiro atoms. The predicted octanol–water partition coefficient (Wildman–Crippen LogP) is 23.2. The lowest BCUT2D eigenvalue weighted by atomic mass is 9.63. The number of fused-ring (bicyclic) bond motifs is 8. The second kappa shape index (κ2) is 22.2. The van der Waals surface area contributed by atoms with Gasteiger partial charge in [0.25, 0.3) is 0 Å². The zero-order valence-electron chi connectivity index (χ0n) is 49.4. The van der Waals surface area contributed by atoms with Crippen molar-refractivity contribution in [2.75, 3.05) is 9.80 Å². The molecule has 2 nitrogen and oxygen atoms in total. The highest BCUT2D eigenvalue weighted by Crippen LogP contribution is 2.60. The molecule has 1 aromatic heterocycles. The lowest BCUT2D eigenvalue weighted by molar-refractivity contribution is 0.647. The topological polar surface area (TPSA) is 6.48 Å². The van der Waals surface area contributed by atoms with E-state index in [1.807, 2.05) is 11.3 Å². The Labute approximate surface area is 520 Å². The smallest absolute Gasteiger partial charge is 0.0715 e. The Hall–Kier alpha value is -10.3. The highest BCUT2D eigenvalue weighted by molar-refractivity contribution is 7.26. The van der Waals surface area contributed by atoms with Crippen LogP contribution < -0.4 is 9.80 Å². The van der Waals surface area contributed by atoms with E-state index in [9.17, 15) is 0 Å². The van der Waals surface area contributed by atoms with Crippen molar-refractivity contribution in [2.45, 2.75) is 32.1 Å². The fourth-order valence-corrected chi connectivity index (χ4v) is 15.9. The number of thiophene rings is 1. The maximum absolute atomic E-state index is 2.51. The highest BCUT2D eigenvalue weighted by atomic mass is 32.1. The first-order valence-electron chi connectivity index (χ1n) is 30.9. The Kier molecular flexibility index (Phi) is 13.4. The van der Waals surface area contributed by atoms with Crippen LogP contribution in [0.25, 0.3) is 58.8 Å². The molecule has 12 aromatic rings. The molecule has 0 saturated carbocycles. The van der Waals surface area contributed by atoms with Crippen LogP contribution in [0, 0.1) is 18.8 Å². The summed E-state index contributed by atoms with van der Waals surface area (Å²) in [6, 6.07) is 95.5. The quantitative estimate of drug-likeness (QED) is 0.120. The van der Waals surface area contributed by atoms with Gasteiger partial charge in [-0.2, -0.15) is 0 Å². The first-order valence-corrected chi connectivity index (χ1v) is 31.8. The third-order valence-corrected chi connectivity index (χ3v) is 19.8. The Morgan fingerprint density at radius 1 is 0.466 bits per heavy atom. The second-order valence-electron chi connectivity index (χ2n) is 24.0. The molecule has 4 aliphatic carbocycles. The van der Waals surface area contributed by atoms with Gasteiger partial charge in [0.15, 0.2) is 0 Å². The molecule has 1 heterocycles. The van der Waals surface area contributed by atoms with Crippen LogP contribution in [0.4, 0.5) is 34.1 Å². The fraction of sp³-hybridized carbons (Fsp3) is 0.0824. The maximum Gasteiger partial charge on any atom is 0.0715 e. The van der Waals surface area contributed by atoms with Crippen molar-refractivity contribution in [1.82, 2.24) is 0 Å². The van der Waals surface area contributed by atoms with Crippen molar-refractivity contribution in [3.8, 4) is 22.3 Å². The van der Waals surface area contributed by atoms with E-state index < -0.39 is 5.41 Å². The van der Waals surface area contributed by atoms with Crippen molar-refractivity contribution in [3.05, 3.63) is 366 Å². The van der Waals surface area contributed by atoms with Gasteiger partial charge in [0.2, 0.25) is 0 Å². The zero-order chi connectivity index (χ0) is 58.7. The molecule has 88 heavy (non-hydrogen) atoms. The van der Waals surface area contributed by atoms with E-state index in [4.69, 9.17) is 0 Å². The van der Waals surface area contributed by atoms with Crippen molar-refractivity contribution < 1.29 is 0 Å². The molecule has 2 bridgehead atoms. The highest BCUT2D eigenvalue weighted by Gasteiger charge is 2.49. The molecule has 0 N–H and O–H groups in total. The summed E-state index contributed by atoms with van der Waals surface area (Å²) in [4.78, 5) is 4.95. The molecule has 0 radical (unpaired) electrons. The summed E-state index contributed by atoms with van der Waals surface area (Å²) in [5.41, 5.74) is 24.3. The number of benzene rings is 11. The number of hydrogen-bond donors (Lipinski definition) is 0. The number of nitrogens with zero attached hydrogens (tertiary/aromatic N) is 2. The minimum absolute atomic E-state index is 0.182. The molecule has 0 saturated heterocycles. The van der Waals surface area contributed by atoms with E-state index in [0.29, 0.717) is 5.92 Å². The van der Waals surface area contributed by atoms with Crippen molar-refractivity contribution >= 4 is 82.0 Å². The lowest BCUT2D eigenvalue weighted by Gasteiger charge is -2.39. The molecule has 16 rings (SSSR count). The molecule has 0 amide bonds. The van der Waals surface area contributed by atoms with Crippen molar-refractivity contribution in [2.24, 2.45) is 11.8 Å². The van der Waals surface area contributed by atoms with Gasteiger partial charge in [0.1, 0.15) is 0 Å². The Balaban J connectivity index is 0.861. The van der Waals surface area contributed by atoms with Gasteiger partial charge in [-0.05, 0) is 188 Å². The van der Waals surface area contributed by atoms with E-state index in [-0.39, 0.29) is 5.92 Å². The van der Waals surface area contributed by atoms with Gasteiger partial charge in [0.05, 0.1) is 11.1 Å². The summed E-state index contributed by atoms with van der Waals surface area (Å²) in [7, 11) is 0. The average Bonchev–Trinajstić information content (AvgIpc) is 1.54. The van der Waals surface area contributed by atoms with Crippen LogP contribution in [0.3, 0.4) is 0 Å². The van der Waals surface area contributed by atoms with Crippen LogP contribution in [-0.2, 0) is 11.8 Å². The van der Waals surface area contributed by atoms with Crippen LogP contribution in [0.5, 0.6) is 0 Å². The largest absolute Gasteiger partial charge is 0.310 e. The van der Waals surface area contributed by atoms with Crippen molar-refractivity contribution in [1.29, 1.82) is 0 Å². The molecule has 3 heteroatoms. The first-order chi connectivity index (χ1) is 43.4. The molecule has 0 fully saturated rings. The third kappa shape index (κ3) is 9.16. The van der Waals surface area contributed by atoms with Crippen LogP contribution >= 0.6 is 11.3 Å². The van der Waals surface area contributed by atoms with E-state index in [1.54, 1.807) is 0 Å². The third-order valence-electron chi connectivity index (χ3n) is 18.7. The van der Waals surface area contributed by atoms with Crippen LogP contribution in [0.1, 0.15) is 46.7 Å². The van der Waals surface area contributed by atoms with Gasteiger partial charge in [-0.25, -0.2) is 0 Å². The number of rotatable bonds is 12. The molecule has 3 unspecified atom stereocenters. The lowest BCUT2D eigenvalue weighted by Crippen LogP contribution is -2.32. The van der Waals surface area contributed by atoms with Gasteiger partial charge in [-0.3, -0.25) is 0 Å².